The van der Waals surface area contributed by atoms with Crippen LogP contribution in [0.25, 0.3) is 0 Å². The van der Waals surface area contributed by atoms with Crippen molar-refractivity contribution in [3.05, 3.63) is 70.3 Å². The van der Waals surface area contributed by atoms with Crippen LogP contribution < -0.4 is 5.73 Å². The lowest BCUT2D eigenvalue weighted by Gasteiger charge is -2.13. The molecule has 0 bridgehead atoms. The minimum atomic E-state index is -0.557. The molecule has 2 N–H and O–H groups in total. The van der Waals surface area contributed by atoms with E-state index in [1.54, 1.807) is 0 Å². The molecule has 0 saturated heterocycles. The largest absolute Gasteiger partial charge is 0.327 e. The normalized spacial score (nSPS) is 12.4. The average Bonchev–Trinajstić information content (AvgIpc) is 2.32. The molecule has 0 aliphatic rings. The third-order valence-corrected chi connectivity index (χ3v) is 3.49. The van der Waals surface area contributed by atoms with Crippen LogP contribution >= 0.6 is 0 Å². The Balaban J connectivity index is 2.04. The predicted molar refractivity (Wildman–Crippen MR) is 77.7 cm³/mol. The number of benzene rings is 2. The first-order valence-electron chi connectivity index (χ1n) is 6.70. The Morgan fingerprint density at radius 2 is 1.45 bits per heavy atom. The molecule has 1 atom stereocenters. The van der Waals surface area contributed by atoms with Crippen LogP contribution in [0.4, 0.5) is 8.78 Å². The zero-order chi connectivity index (χ0) is 14.7. The highest BCUT2D eigenvalue weighted by molar-refractivity contribution is 5.30. The summed E-state index contributed by atoms with van der Waals surface area (Å²) in [6, 6.07) is 9.62. The highest BCUT2D eigenvalue weighted by Crippen LogP contribution is 2.14. The number of aryl methyl sites for hydroxylation is 2. The van der Waals surface area contributed by atoms with Crippen molar-refractivity contribution in [2.75, 3.05) is 0 Å². The Labute approximate surface area is 118 Å². The second-order valence-corrected chi connectivity index (χ2v) is 5.36. The van der Waals surface area contributed by atoms with Gasteiger partial charge in [0.25, 0.3) is 0 Å². The van der Waals surface area contributed by atoms with E-state index < -0.39 is 11.6 Å². The van der Waals surface area contributed by atoms with Gasteiger partial charge in [0.2, 0.25) is 0 Å². The standard InChI is InChI=1S/C17H19F2N/c1-11-3-4-13(5-12(11)2)8-17(20)9-14-6-15(18)10-16(19)7-14/h3-7,10,17H,8-9,20H2,1-2H3. The van der Waals surface area contributed by atoms with Crippen LogP contribution in [0.5, 0.6) is 0 Å². The number of rotatable bonds is 4. The molecule has 1 unspecified atom stereocenters. The maximum atomic E-state index is 13.1. The summed E-state index contributed by atoms with van der Waals surface area (Å²) in [4.78, 5) is 0. The molecule has 0 amide bonds. The van der Waals surface area contributed by atoms with Crippen molar-refractivity contribution < 1.29 is 8.78 Å². The van der Waals surface area contributed by atoms with Gasteiger partial charge >= 0.3 is 0 Å². The summed E-state index contributed by atoms with van der Waals surface area (Å²) in [7, 11) is 0. The summed E-state index contributed by atoms with van der Waals surface area (Å²) >= 11 is 0. The monoisotopic (exact) mass is 275 g/mol. The Morgan fingerprint density at radius 1 is 0.850 bits per heavy atom. The van der Waals surface area contributed by atoms with E-state index >= 15 is 0 Å². The van der Waals surface area contributed by atoms with Crippen LogP contribution in [-0.4, -0.2) is 6.04 Å². The lowest BCUT2D eigenvalue weighted by atomic mass is 9.97. The third kappa shape index (κ3) is 3.87. The van der Waals surface area contributed by atoms with Gasteiger partial charge in [0.1, 0.15) is 11.6 Å². The zero-order valence-electron chi connectivity index (χ0n) is 11.8. The van der Waals surface area contributed by atoms with Gasteiger partial charge in [-0.3, -0.25) is 0 Å². The van der Waals surface area contributed by atoms with Gasteiger partial charge in [0, 0.05) is 12.1 Å². The third-order valence-electron chi connectivity index (χ3n) is 3.49. The molecule has 0 saturated carbocycles. The van der Waals surface area contributed by atoms with E-state index in [0.717, 1.165) is 11.6 Å². The van der Waals surface area contributed by atoms with Crippen molar-refractivity contribution in [3.63, 3.8) is 0 Å². The smallest absolute Gasteiger partial charge is 0.126 e. The van der Waals surface area contributed by atoms with Gasteiger partial charge in [-0.05, 0) is 61.1 Å². The number of halogens is 2. The number of hydrogen-bond acceptors (Lipinski definition) is 1. The number of hydrogen-bond donors (Lipinski definition) is 1. The van der Waals surface area contributed by atoms with Crippen LogP contribution in [0, 0.1) is 25.5 Å². The van der Waals surface area contributed by atoms with E-state index in [0.29, 0.717) is 18.4 Å². The molecule has 106 valence electrons. The highest BCUT2D eigenvalue weighted by Gasteiger charge is 2.08. The van der Waals surface area contributed by atoms with Crippen molar-refractivity contribution in [2.45, 2.75) is 32.7 Å². The van der Waals surface area contributed by atoms with E-state index in [2.05, 4.69) is 26.0 Å². The molecule has 0 aromatic heterocycles. The van der Waals surface area contributed by atoms with E-state index in [4.69, 9.17) is 5.73 Å². The fourth-order valence-electron chi connectivity index (χ4n) is 2.34. The van der Waals surface area contributed by atoms with Gasteiger partial charge in [0.15, 0.2) is 0 Å². The summed E-state index contributed by atoms with van der Waals surface area (Å²) in [5.41, 5.74) is 10.3. The maximum Gasteiger partial charge on any atom is 0.126 e. The quantitative estimate of drug-likeness (QED) is 0.904. The first-order valence-corrected chi connectivity index (χ1v) is 6.70. The molecular weight excluding hydrogens is 256 g/mol. The fourth-order valence-corrected chi connectivity index (χ4v) is 2.34. The van der Waals surface area contributed by atoms with E-state index in [-0.39, 0.29) is 6.04 Å². The molecule has 0 fully saturated rings. The predicted octanol–water partition coefficient (Wildman–Crippen LogP) is 3.69. The minimum Gasteiger partial charge on any atom is -0.327 e. The molecule has 0 aliphatic heterocycles. The van der Waals surface area contributed by atoms with Crippen LogP contribution in [0.3, 0.4) is 0 Å². The van der Waals surface area contributed by atoms with Crippen molar-refractivity contribution in [1.82, 2.24) is 0 Å². The maximum absolute atomic E-state index is 13.1. The van der Waals surface area contributed by atoms with Gasteiger partial charge in [-0.25, -0.2) is 8.78 Å². The van der Waals surface area contributed by atoms with Gasteiger partial charge in [0.05, 0.1) is 0 Å². The van der Waals surface area contributed by atoms with Crippen molar-refractivity contribution in [2.24, 2.45) is 5.73 Å². The Kier molecular flexibility index (Phi) is 4.50. The summed E-state index contributed by atoms with van der Waals surface area (Å²) < 4.78 is 26.2. The SMILES string of the molecule is Cc1ccc(CC(N)Cc2cc(F)cc(F)c2)cc1C. The second-order valence-electron chi connectivity index (χ2n) is 5.36. The highest BCUT2D eigenvalue weighted by atomic mass is 19.1. The molecule has 1 nitrogen and oxygen atoms in total. The topological polar surface area (TPSA) is 26.0 Å². The van der Waals surface area contributed by atoms with Gasteiger partial charge in [-0.2, -0.15) is 0 Å². The van der Waals surface area contributed by atoms with Crippen LogP contribution in [0.1, 0.15) is 22.3 Å². The molecule has 0 spiro atoms. The van der Waals surface area contributed by atoms with Gasteiger partial charge in [-0.1, -0.05) is 18.2 Å². The van der Waals surface area contributed by atoms with Crippen LogP contribution in [0.2, 0.25) is 0 Å². The molecule has 3 heteroatoms. The van der Waals surface area contributed by atoms with E-state index in [9.17, 15) is 8.78 Å². The molecule has 2 rings (SSSR count). The molecule has 0 radical (unpaired) electrons. The summed E-state index contributed by atoms with van der Waals surface area (Å²) in [6.45, 7) is 4.13. The fraction of sp³-hybridized carbons (Fsp3) is 0.294. The lowest BCUT2D eigenvalue weighted by molar-refractivity contribution is 0.574. The molecule has 0 heterocycles. The first-order chi connectivity index (χ1) is 9.44. The van der Waals surface area contributed by atoms with Crippen molar-refractivity contribution >= 4 is 0 Å². The van der Waals surface area contributed by atoms with Crippen LogP contribution in [0.15, 0.2) is 36.4 Å². The van der Waals surface area contributed by atoms with Gasteiger partial charge < -0.3 is 5.73 Å². The lowest BCUT2D eigenvalue weighted by Crippen LogP contribution is -2.25. The van der Waals surface area contributed by atoms with Crippen LogP contribution in [-0.2, 0) is 12.8 Å². The first kappa shape index (κ1) is 14.7. The van der Waals surface area contributed by atoms with E-state index in [1.165, 1.54) is 23.3 Å². The molecule has 20 heavy (non-hydrogen) atoms. The van der Waals surface area contributed by atoms with Gasteiger partial charge in [-0.15, -0.1) is 0 Å². The molecule has 0 aliphatic carbocycles. The summed E-state index contributed by atoms with van der Waals surface area (Å²) in [6.07, 6.45) is 1.15. The zero-order valence-corrected chi connectivity index (χ0v) is 11.8. The molecular formula is C17H19F2N. The van der Waals surface area contributed by atoms with Crippen molar-refractivity contribution in [1.29, 1.82) is 0 Å². The van der Waals surface area contributed by atoms with E-state index in [1.807, 2.05) is 6.07 Å². The summed E-state index contributed by atoms with van der Waals surface area (Å²) in [5.74, 6) is -1.11. The second kappa shape index (κ2) is 6.14. The average molecular weight is 275 g/mol. The molecule has 2 aromatic carbocycles. The Hall–Kier alpha value is -1.74. The summed E-state index contributed by atoms with van der Waals surface area (Å²) in [5, 5.41) is 0. The minimum absolute atomic E-state index is 0.154. The number of nitrogens with two attached hydrogens (primary N) is 1. The van der Waals surface area contributed by atoms with Crippen molar-refractivity contribution in [3.8, 4) is 0 Å². The Bertz CT molecular complexity index is 588. The molecule has 2 aromatic rings. The Morgan fingerprint density at radius 3 is 2.05 bits per heavy atom.